The highest BCUT2D eigenvalue weighted by Crippen LogP contribution is 2.23. The summed E-state index contributed by atoms with van der Waals surface area (Å²) in [5, 5.41) is 3.18. The van der Waals surface area contributed by atoms with Gasteiger partial charge in [0, 0.05) is 42.4 Å². The van der Waals surface area contributed by atoms with Crippen LogP contribution in [0.3, 0.4) is 0 Å². The van der Waals surface area contributed by atoms with Gasteiger partial charge in [-0.25, -0.2) is 8.42 Å². The number of sulfone groups is 1. The van der Waals surface area contributed by atoms with Gasteiger partial charge in [0.25, 0.3) is 0 Å². The van der Waals surface area contributed by atoms with Crippen LogP contribution in [0.25, 0.3) is 0 Å². The molecule has 1 heterocycles. The van der Waals surface area contributed by atoms with Gasteiger partial charge in [0.2, 0.25) is 0 Å². The van der Waals surface area contributed by atoms with Gasteiger partial charge in [-0.1, -0.05) is 13.8 Å². The van der Waals surface area contributed by atoms with Gasteiger partial charge in [-0.2, -0.15) is 11.8 Å². The molecule has 1 saturated heterocycles. The van der Waals surface area contributed by atoms with Crippen molar-refractivity contribution in [3.63, 3.8) is 0 Å². The standard InChI is InChI=1S/C13H28N2O2S2/c1-5-11(3)14-9-12(4)15-7-8-18-10-13(15)19(16,17)6-2/h11-14H,5-10H2,1-4H3. The molecule has 1 N–H and O–H groups in total. The summed E-state index contributed by atoms with van der Waals surface area (Å²) in [6.07, 6.45) is 1.10. The lowest BCUT2D eigenvalue weighted by Gasteiger charge is -2.39. The first kappa shape index (κ1) is 17.3. The third kappa shape index (κ3) is 4.92. The van der Waals surface area contributed by atoms with E-state index in [2.05, 4.69) is 31.0 Å². The summed E-state index contributed by atoms with van der Waals surface area (Å²) in [5.74, 6) is 1.98. The molecule has 4 nitrogen and oxygen atoms in total. The molecule has 0 saturated carbocycles. The molecule has 3 unspecified atom stereocenters. The van der Waals surface area contributed by atoms with Crippen LogP contribution in [0.15, 0.2) is 0 Å². The van der Waals surface area contributed by atoms with E-state index in [9.17, 15) is 8.42 Å². The van der Waals surface area contributed by atoms with Crippen molar-refractivity contribution in [2.75, 3.05) is 30.3 Å². The topological polar surface area (TPSA) is 49.4 Å². The first-order valence-electron chi connectivity index (χ1n) is 7.20. The minimum Gasteiger partial charge on any atom is -0.313 e. The molecule has 0 amide bonds. The molecular weight excluding hydrogens is 280 g/mol. The largest absolute Gasteiger partial charge is 0.313 e. The molecule has 0 aliphatic carbocycles. The fourth-order valence-corrected chi connectivity index (χ4v) is 5.36. The summed E-state index contributed by atoms with van der Waals surface area (Å²) < 4.78 is 24.4. The Bertz CT molecular complexity index is 360. The molecule has 0 aromatic heterocycles. The van der Waals surface area contributed by atoms with Crippen molar-refractivity contribution in [2.45, 2.75) is 51.6 Å². The lowest BCUT2D eigenvalue weighted by Crippen LogP contribution is -2.54. The lowest BCUT2D eigenvalue weighted by molar-refractivity contribution is 0.197. The van der Waals surface area contributed by atoms with Gasteiger partial charge >= 0.3 is 0 Å². The predicted octanol–water partition coefficient (Wildman–Crippen LogP) is 1.57. The van der Waals surface area contributed by atoms with Gasteiger partial charge in [0.1, 0.15) is 5.37 Å². The average Bonchev–Trinajstić information content (AvgIpc) is 2.44. The fourth-order valence-electron chi connectivity index (χ4n) is 2.23. The SMILES string of the molecule is CCC(C)NCC(C)N1CCSCC1S(=O)(=O)CC. The van der Waals surface area contributed by atoms with Crippen LogP contribution < -0.4 is 5.32 Å². The van der Waals surface area contributed by atoms with Crippen molar-refractivity contribution in [1.29, 1.82) is 0 Å². The van der Waals surface area contributed by atoms with Crippen LogP contribution in [0.4, 0.5) is 0 Å². The van der Waals surface area contributed by atoms with Crippen molar-refractivity contribution >= 4 is 21.6 Å². The Hall–Kier alpha value is 0.220. The zero-order valence-electron chi connectivity index (χ0n) is 12.6. The molecule has 0 radical (unpaired) electrons. The maximum absolute atomic E-state index is 12.2. The third-order valence-corrected chi connectivity index (χ3v) is 7.19. The predicted molar refractivity (Wildman–Crippen MR) is 84.5 cm³/mol. The number of thioether (sulfide) groups is 1. The van der Waals surface area contributed by atoms with Gasteiger partial charge in [0.15, 0.2) is 9.84 Å². The highest BCUT2D eigenvalue weighted by atomic mass is 32.2. The van der Waals surface area contributed by atoms with Gasteiger partial charge in [-0.05, 0) is 20.3 Å². The highest BCUT2D eigenvalue weighted by molar-refractivity contribution is 8.01. The van der Waals surface area contributed by atoms with E-state index in [4.69, 9.17) is 0 Å². The van der Waals surface area contributed by atoms with Gasteiger partial charge in [0.05, 0.1) is 0 Å². The second-order valence-electron chi connectivity index (χ2n) is 5.29. The molecule has 0 spiro atoms. The Balaban J connectivity index is 2.66. The number of nitrogens with one attached hydrogen (secondary N) is 1. The number of hydrogen-bond acceptors (Lipinski definition) is 5. The van der Waals surface area contributed by atoms with Crippen molar-refractivity contribution < 1.29 is 8.42 Å². The van der Waals surface area contributed by atoms with Crippen LogP contribution in [0.5, 0.6) is 0 Å². The van der Waals surface area contributed by atoms with Crippen LogP contribution in [-0.2, 0) is 9.84 Å². The molecule has 114 valence electrons. The van der Waals surface area contributed by atoms with E-state index in [1.54, 1.807) is 18.7 Å². The normalized spacial score (nSPS) is 25.2. The number of nitrogens with zero attached hydrogens (tertiary/aromatic N) is 1. The second kappa shape index (κ2) is 7.86. The average molecular weight is 309 g/mol. The zero-order valence-corrected chi connectivity index (χ0v) is 14.2. The number of rotatable bonds is 7. The quantitative estimate of drug-likeness (QED) is 0.774. The van der Waals surface area contributed by atoms with Gasteiger partial charge in [-0.3, -0.25) is 4.90 Å². The maximum Gasteiger partial charge on any atom is 0.166 e. The Kier molecular flexibility index (Phi) is 7.14. The zero-order chi connectivity index (χ0) is 14.5. The minimum atomic E-state index is -2.98. The van der Waals surface area contributed by atoms with Crippen LogP contribution in [0.2, 0.25) is 0 Å². The van der Waals surface area contributed by atoms with Gasteiger partial charge < -0.3 is 5.32 Å². The van der Waals surface area contributed by atoms with Crippen LogP contribution in [-0.4, -0.2) is 61.1 Å². The van der Waals surface area contributed by atoms with E-state index in [0.717, 1.165) is 25.3 Å². The molecular formula is C13H28N2O2S2. The maximum atomic E-state index is 12.2. The monoisotopic (exact) mass is 308 g/mol. The van der Waals surface area contributed by atoms with E-state index in [1.165, 1.54) is 0 Å². The smallest absolute Gasteiger partial charge is 0.166 e. The molecule has 19 heavy (non-hydrogen) atoms. The molecule has 1 aliphatic heterocycles. The molecule has 0 aromatic carbocycles. The first-order valence-corrected chi connectivity index (χ1v) is 10.1. The van der Waals surface area contributed by atoms with Gasteiger partial charge in [-0.15, -0.1) is 0 Å². The van der Waals surface area contributed by atoms with E-state index in [1.807, 2.05) is 0 Å². The summed E-state index contributed by atoms with van der Waals surface area (Å²) in [6, 6.07) is 0.754. The lowest BCUT2D eigenvalue weighted by atomic mass is 10.2. The van der Waals surface area contributed by atoms with Crippen LogP contribution >= 0.6 is 11.8 Å². The van der Waals surface area contributed by atoms with Crippen molar-refractivity contribution in [2.24, 2.45) is 0 Å². The molecule has 1 fully saturated rings. The summed E-state index contributed by atoms with van der Waals surface area (Å²) >= 11 is 1.75. The van der Waals surface area contributed by atoms with E-state index in [-0.39, 0.29) is 17.2 Å². The first-order chi connectivity index (χ1) is 8.92. The summed E-state index contributed by atoms with van der Waals surface area (Å²) in [5.41, 5.74) is 0. The molecule has 1 rings (SSSR count). The van der Waals surface area contributed by atoms with Crippen molar-refractivity contribution in [3.8, 4) is 0 Å². The van der Waals surface area contributed by atoms with Crippen LogP contribution in [0, 0.1) is 0 Å². The number of hydrogen-bond donors (Lipinski definition) is 1. The van der Waals surface area contributed by atoms with Crippen molar-refractivity contribution in [3.05, 3.63) is 0 Å². The van der Waals surface area contributed by atoms with E-state index >= 15 is 0 Å². The summed E-state index contributed by atoms with van der Waals surface area (Å²) in [6.45, 7) is 9.93. The second-order valence-corrected chi connectivity index (χ2v) is 8.88. The molecule has 6 heteroatoms. The molecule has 0 bridgehead atoms. The Labute approximate surface area is 122 Å². The Morgan fingerprint density at radius 1 is 1.37 bits per heavy atom. The Morgan fingerprint density at radius 2 is 2.05 bits per heavy atom. The Morgan fingerprint density at radius 3 is 2.63 bits per heavy atom. The highest BCUT2D eigenvalue weighted by Gasteiger charge is 2.35. The summed E-state index contributed by atoms with van der Waals surface area (Å²) in [7, 11) is -2.98. The molecule has 3 atom stereocenters. The van der Waals surface area contributed by atoms with E-state index < -0.39 is 9.84 Å². The van der Waals surface area contributed by atoms with E-state index in [0.29, 0.717) is 11.8 Å². The van der Waals surface area contributed by atoms with Crippen molar-refractivity contribution in [1.82, 2.24) is 10.2 Å². The molecule has 1 aliphatic rings. The molecule has 0 aromatic rings. The summed E-state index contributed by atoms with van der Waals surface area (Å²) in [4.78, 5) is 2.17. The van der Waals surface area contributed by atoms with Crippen LogP contribution in [0.1, 0.15) is 34.1 Å². The third-order valence-electron chi connectivity index (χ3n) is 3.88. The fraction of sp³-hybridized carbons (Fsp3) is 1.00. The minimum absolute atomic E-state index is 0.236.